The van der Waals surface area contributed by atoms with Crippen molar-refractivity contribution in [2.45, 2.75) is 30.2 Å². The van der Waals surface area contributed by atoms with E-state index in [-0.39, 0.29) is 18.0 Å². The molecule has 192 valence electrons. The summed E-state index contributed by atoms with van der Waals surface area (Å²) in [6.07, 6.45) is -1.25. The van der Waals surface area contributed by atoms with Gasteiger partial charge in [-0.15, -0.1) is 0 Å². The van der Waals surface area contributed by atoms with Crippen molar-refractivity contribution in [2.24, 2.45) is 0 Å². The first-order valence-corrected chi connectivity index (χ1v) is 13.7. The Morgan fingerprint density at radius 1 is 0.917 bits per heavy atom. The number of likely N-dealkylation sites (N-methyl/N-ethyl adjacent to an activating group) is 1. The van der Waals surface area contributed by atoms with Crippen molar-refractivity contribution in [1.82, 2.24) is 14.1 Å². The number of fused-ring (bicyclic) bond motifs is 2. The Hall–Kier alpha value is -2.47. The number of rotatable bonds is 5. The van der Waals surface area contributed by atoms with Crippen LogP contribution in [0, 0.1) is 0 Å². The van der Waals surface area contributed by atoms with Crippen molar-refractivity contribution >= 4 is 10.0 Å². The maximum absolute atomic E-state index is 13.3. The van der Waals surface area contributed by atoms with Gasteiger partial charge in [-0.25, -0.2) is 8.42 Å². The minimum Gasteiger partial charge on any atom is -0.486 e. The highest BCUT2D eigenvalue weighted by atomic mass is 32.2. The molecule has 4 aliphatic heterocycles. The lowest BCUT2D eigenvalue weighted by molar-refractivity contribution is -0.0753. The normalized spacial score (nSPS) is 22.4. The predicted molar refractivity (Wildman–Crippen MR) is 132 cm³/mol. The Balaban J connectivity index is 1.13. The molecule has 10 heteroatoms. The van der Waals surface area contributed by atoms with Gasteiger partial charge in [-0.2, -0.15) is 4.31 Å². The topological polar surface area (TPSA) is 103 Å². The minimum atomic E-state index is -3.70. The van der Waals surface area contributed by atoms with Crippen LogP contribution in [0.5, 0.6) is 11.5 Å². The van der Waals surface area contributed by atoms with Crippen LogP contribution in [0.4, 0.5) is 0 Å². The fraction of sp³-hybridized carbons (Fsp3) is 0.462. The Labute approximate surface area is 211 Å². The van der Waals surface area contributed by atoms with Gasteiger partial charge in [0.1, 0.15) is 25.5 Å². The summed E-state index contributed by atoms with van der Waals surface area (Å²) in [7, 11) is -1.63. The van der Waals surface area contributed by atoms with Crippen LogP contribution in [0.25, 0.3) is 0 Å². The Bertz CT molecular complexity index is 1310. The molecule has 0 amide bonds. The molecule has 0 fully saturated rings. The van der Waals surface area contributed by atoms with E-state index in [1.54, 1.807) is 12.1 Å². The lowest BCUT2D eigenvalue weighted by Crippen LogP contribution is -2.42. The highest BCUT2D eigenvalue weighted by Gasteiger charge is 2.40. The molecule has 0 aromatic heterocycles. The van der Waals surface area contributed by atoms with Crippen molar-refractivity contribution in [3.63, 3.8) is 0 Å². The SMILES string of the molecule is CN1CCc2c(cccc2C(O)C(O)N2CC3=C(C2)CN(S(=O)(=O)c2ccc4c(c2)OCCO4)C3)C1. The van der Waals surface area contributed by atoms with Gasteiger partial charge in [-0.1, -0.05) is 18.2 Å². The second kappa shape index (κ2) is 9.13. The lowest BCUT2D eigenvalue weighted by atomic mass is 9.91. The average Bonchev–Trinajstić information content (AvgIpc) is 3.47. The number of nitrogens with zero attached hydrogens (tertiary/aromatic N) is 3. The van der Waals surface area contributed by atoms with Crippen LogP contribution in [0.1, 0.15) is 22.8 Å². The molecule has 2 aromatic carbocycles. The van der Waals surface area contributed by atoms with Crippen LogP contribution >= 0.6 is 0 Å². The predicted octanol–water partition coefficient (Wildman–Crippen LogP) is 1.11. The zero-order valence-electron chi connectivity index (χ0n) is 20.3. The van der Waals surface area contributed by atoms with Crippen molar-refractivity contribution in [1.29, 1.82) is 0 Å². The van der Waals surface area contributed by atoms with E-state index in [1.807, 2.05) is 17.0 Å². The molecule has 4 aliphatic rings. The summed E-state index contributed by atoms with van der Waals surface area (Å²) in [5, 5.41) is 22.2. The average molecular weight is 514 g/mol. The molecule has 4 heterocycles. The van der Waals surface area contributed by atoms with E-state index in [2.05, 4.69) is 18.0 Å². The summed E-state index contributed by atoms with van der Waals surface area (Å²) in [4.78, 5) is 4.26. The molecule has 2 unspecified atom stereocenters. The van der Waals surface area contributed by atoms with Crippen molar-refractivity contribution in [2.75, 3.05) is 53.0 Å². The van der Waals surface area contributed by atoms with Crippen molar-refractivity contribution in [3.05, 3.63) is 64.2 Å². The molecule has 2 N–H and O–H groups in total. The molecule has 2 atom stereocenters. The lowest BCUT2D eigenvalue weighted by Gasteiger charge is -2.33. The van der Waals surface area contributed by atoms with E-state index < -0.39 is 22.4 Å². The van der Waals surface area contributed by atoms with Gasteiger partial charge < -0.3 is 24.6 Å². The first-order valence-electron chi connectivity index (χ1n) is 12.3. The second-order valence-electron chi connectivity index (χ2n) is 10.0. The molecule has 0 spiro atoms. The number of sulfonamides is 1. The number of aliphatic hydroxyl groups excluding tert-OH is 2. The van der Waals surface area contributed by atoms with E-state index in [0.717, 1.165) is 41.8 Å². The van der Waals surface area contributed by atoms with Gasteiger partial charge in [0.15, 0.2) is 11.5 Å². The van der Waals surface area contributed by atoms with E-state index in [1.165, 1.54) is 15.9 Å². The summed E-state index contributed by atoms with van der Waals surface area (Å²) in [5.74, 6) is 0.997. The molecule has 0 aliphatic carbocycles. The van der Waals surface area contributed by atoms with Crippen molar-refractivity contribution in [3.8, 4) is 11.5 Å². The minimum absolute atomic E-state index is 0.180. The number of hydrogen-bond donors (Lipinski definition) is 2. The van der Waals surface area contributed by atoms with Gasteiger partial charge in [0.05, 0.1) is 4.90 Å². The standard InChI is InChI=1S/C26H31N3O6S/c1-27-8-7-21-17(12-27)3-2-4-22(21)25(30)26(31)28-13-18-15-29(16-19(18)14-28)36(32,33)20-5-6-23-24(11-20)35-10-9-34-23/h2-6,11,25-26,30-31H,7-10,12-16H2,1H3. The van der Waals surface area contributed by atoms with Crippen LogP contribution in [0.15, 0.2) is 52.4 Å². The number of benzene rings is 2. The van der Waals surface area contributed by atoms with Gasteiger partial charge in [0, 0.05) is 45.3 Å². The fourth-order valence-electron chi connectivity index (χ4n) is 5.68. The van der Waals surface area contributed by atoms with E-state index in [9.17, 15) is 18.6 Å². The quantitative estimate of drug-likeness (QED) is 0.574. The van der Waals surface area contributed by atoms with Crippen LogP contribution in [0.3, 0.4) is 0 Å². The largest absolute Gasteiger partial charge is 0.486 e. The molecule has 0 saturated heterocycles. The van der Waals surface area contributed by atoms with Crippen LogP contribution in [-0.4, -0.2) is 91.9 Å². The molecule has 6 rings (SSSR count). The van der Waals surface area contributed by atoms with Gasteiger partial charge in [-0.3, -0.25) is 4.90 Å². The van der Waals surface area contributed by atoms with Crippen LogP contribution in [0.2, 0.25) is 0 Å². The molecule has 0 bridgehead atoms. The third-order valence-electron chi connectivity index (χ3n) is 7.64. The van der Waals surface area contributed by atoms with E-state index >= 15 is 0 Å². The van der Waals surface area contributed by atoms with Gasteiger partial charge in [0.2, 0.25) is 10.0 Å². The highest BCUT2D eigenvalue weighted by molar-refractivity contribution is 7.89. The second-order valence-corrected chi connectivity index (χ2v) is 12.0. The Kier molecular flexibility index (Phi) is 6.06. The Morgan fingerprint density at radius 2 is 1.64 bits per heavy atom. The molecule has 0 saturated carbocycles. The Morgan fingerprint density at radius 3 is 2.39 bits per heavy atom. The van der Waals surface area contributed by atoms with E-state index in [0.29, 0.717) is 37.8 Å². The summed E-state index contributed by atoms with van der Waals surface area (Å²) in [5.41, 5.74) is 5.06. The van der Waals surface area contributed by atoms with Crippen LogP contribution < -0.4 is 9.47 Å². The molecule has 36 heavy (non-hydrogen) atoms. The first-order chi connectivity index (χ1) is 17.3. The van der Waals surface area contributed by atoms with Crippen LogP contribution in [-0.2, 0) is 23.0 Å². The summed E-state index contributed by atoms with van der Waals surface area (Å²) in [6.45, 7) is 4.00. The number of ether oxygens (including phenoxy) is 2. The molecular formula is C26H31N3O6S. The zero-order valence-corrected chi connectivity index (χ0v) is 21.1. The first kappa shape index (κ1) is 23.9. The van der Waals surface area contributed by atoms with Crippen molar-refractivity contribution < 1.29 is 28.1 Å². The van der Waals surface area contributed by atoms with Gasteiger partial charge in [0.25, 0.3) is 0 Å². The number of aliphatic hydroxyl groups is 2. The number of hydrogen-bond acceptors (Lipinski definition) is 8. The van der Waals surface area contributed by atoms with E-state index in [4.69, 9.17) is 9.47 Å². The smallest absolute Gasteiger partial charge is 0.243 e. The molecule has 9 nitrogen and oxygen atoms in total. The zero-order chi connectivity index (χ0) is 25.0. The fourth-order valence-corrected chi connectivity index (χ4v) is 7.13. The third kappa shape index (κ3) is 4.11. The highest BCUT2D eigenvalue weighted by Crippen LogP contribution is 2.37. The molecular weight excluding hydrogens is 482 g/mol. The maximum atomic E-state index is 13.3. The van der Waals surface area contributed by atoms with Gasteiger partial charge >= 0.3 is 0 Å². The van der Waals surface area contributed by atoms with Gasteiger partial charge in [-0.05, 0) is 53.4 Å². The summed E-state index contributed by atoms with van der Waals surface area (Å²) >= 11 is 0. The monoisotopic (exact) mass is 513 g/mol. The molecule has 0 radical (unpaired) electrons. The summed E-state index contributed by atoms with van der Waals surface area (Å²) in [6, 6.07) is 10.6. The maximum Gasteiger partial charge on any atom is 0.243 e. The molecule has 2 aromatic rings. The summed E-state index contributed by atoms with van der Waals surface area (Å²) < 4.78 is 39.2. The third-order valence-corrected chi connectivity index (χ3v) is 9.43.